The lowest BCUT2D eigenvalue weighted by Crippen LogP contribution is -2.38. The van der Waals surface area contributed by atoms with Crippen LogP contribution in [0.5, 0.6) is 0 Å². The van der Waals surface area contributed by atoms with Gasteiger partial charge in [-0.3, -0.25) is 4.79 Å². The second kappa shape index (κ2) is 6.32. The summed E-state index contributed by atoms with van der Waals surface area (Å²) in [5.41, 5.74) is 2.07. The minimum Gasteiger partial charge on any atom is -0.383 e. The van der Waals surface area contributed by atoms with E-state index in [-0.39, 0.29) is 11.9 Å². The number of amides is 1. The van der Waals surface area contributed by atoms with Crippen molar-refractivity contribution in [2.75, 3.05) is 20.3 Å². The minimum atomic E-state index is -0.0165. The van der Waals surface area contributed by atoms with E-state index < -0.39 is 0 Å². The van der Waals surface area contributed by atoms with Crippen molar-refractivity contribution in [3.8, 4) is 11.3 Å². The van der Waals surface area contributed by atoms with Crippen LogP contribution in [0.15, 0.2) is 34.9 Å². The van der Waals surface area contributed by atoms with Crippen molar-refractivity contribution in [3.05, 3.63) is 41.7 Å². The number of aryl methyl sites for hydroxylation is 1. The molecule has 0 saturated carbocycles. The van der Waals surface area contributed by atoms with E-state index in [1.807, 2.05) is 35.2 Å². The first kappa shape index (κ1) is 14.8. The molecule has 2 aromatic rings. The van der Waals surface area contributed by atoms with Gasteiger partial charge in [-0.1, -0.05) is 35.5 Å². The second-order valence-corrected chi connectivity index (χ2v) is 5.58. The van der Waals surface area contributed by atoms with Gasteiger partial charge in [-0.15, -0.1) is 0 Å². The molecule has 1 atom stereocenters. The van der Waals surface area contributed by atoms with Gasteiger partial charge >= 0.3 is 0 Å². The lowest BCUT2D eigenvalue weighted by Gasteiger charge is -2.24. The first-order valence-corrected chi connectivity index (χ1v) is 7.54. The fourth-order valence-electron chi connectivity index (χ4n) is 3.03. The number of likely N-dealkylation sites (tertiary alicyclic amines) is 1. The fraction of sp³-hybridized carbons (Fsp3) is 0.412. The predicted octanol–water partition coefficient (Wildman–Crippen LogP) is 2.90. The summed E-state index contributed by atoms with van der Waals surface area (Å²) in [5, 5.41) is 4.10. The molecule has 1 fully saturated rings. The van der Waals surface area contributed by atoms with Crippen LogP contribution in [0, 0.1) is 6.92 Å². The molecule has 2 heterocycles. The van der Waals surface area contributed by atoms with Crippen molar-refractivity contribution in [3.63, 3.8) is 0 Å². The lowest BCUT2D eigenvalue weighted by atomic mass is 10.0. The third kappa shape index (κ3) is 2.64. The van der Waals surface area contributed by atoms with Crippen LogP contribution in [0.1, 0.15) is 29.0 Å². The highest BCUT2D eigenvalue weighted by Gasteiger charge is 2.33. The fourth-order valence-corrected chi connectivity index (χ4v) is 3.03. The summed E-state index contributed by atoms with van der Waals surface area (Å²) < 4.78 is 10.5. The van der Waals surface area contributed by atoms with E-state index in [4.69, 9.17) is 9.26 Å². The average Bonchev–Trinajstić information content (AvgIpc) is 3.15. The van der Waals surface area contributed by atoms with Crippen LogP contribution in [-0.4, -0.2) is 42.3 Å². The highest BCUT2D eigenvalue weighted by atomic mass is 16.5. The molecule has 0 bridgehead atoms. The van der Waals surface area contributed by atoms with Gasteiger partial charge in [-0.2, -0.15) is 0 Å². The van der Waals surface area contributed by atoms with Crippen LogP contribution in [0.4, 0.5) is 0 Å². The Balaban J connectivity index is 1.95. The van der Waals surface area contributed by atoms with E-state index >= 15 is 0 Å². The van der Waals surface area contributed by atoms with E-state index in [9.17, 15) is 4.79 Å². The van der Waals surface area contributed by atoms with E-state index in [2.05, 4.69) is 5.16 Å². The van der Waals surface area contributed by atoms with Crippen LogP contribution in [-0.2, 0) is 4.74 Å². The molecule has 116 valence electrons. The Hall–Kier alpha value is -2.14. The summed E-state index contributed by atoms with van der Waals surface area (Å²) in [6, 6.07) is 9.80. The Bertz CT molecular complexity index is 651. The van der Waals surface area contributed by atoms with Crippen LogP contribution in [0.3, 0.4) is 0 Å². The van der Waals surface area contributed by atoms with Gasteiger partial charge in [0.2, 0.25) is 0 Å². The Morgan fingerprint density at radius 3 is 2.91 bits per heavy atom. The molecule has 5 nitrogen and oxygen atoms in total. The number of methoxy groups -OCH3 is 1. The van der Waals surface area contributed by atoms with Gasteiger partial charge in [0.15, 0.2) is 0 Å². The number of ether oxygens (including phenoxy) is 1. The van der Waals surface area contributed by atoms with Crippen LogP contribution < -0.4 is 0 Å². The second-order valence-electron chi connectivity index (χ2n) is 5.58. The third-order valence-electron chi connectivity index (χ3n) is 4.12. The van der Waals surface area contributed by atoms with Crippen LogP contribution in [0.25, 0.3) is 11.3 Å². The zero-order chi connectivity index (χ0) is 15.5. The normalized spacial score (nSPS) is 17.9. The maximum Gasteiger partial charge on any atom is 0.260 e. The SMILES string of the molecule is COCC1CCCN1C(=O)c1c(-c2ccccc2)noc1C. The highest BCUT2D eigenvalue weighted by Crippen LogP contribution is 2.29. The van der Waals surface area contributed by atoms with E-state index in [1.165, 1.54) is 0 Å². The van der Waals surface area contributed by atoms with Gasteiger partial charge in [0.05, 0.1) is 12.6 Å². The average molecular weight is 300 g/mol. The monoisotopic (exact) mass is 300 g/mol. The lowest BCUT2D eigenvalue weighted by molar-refractivity contribution is 0.0629. The van der Waals surface area contributed by atoms with Gasteiger partial charge in [0.1, 0.15) is 17.0 Å². The highest BCUT2D eigenvalue weighted by molar-refractivity contribution is 6.01. The molecular weight excluding hydrogens is 280 g/mol. The van der Waals surface area contributed by atoms with Gasteiger partial charge in [-0.25, -0.2) is 0 Å². The van der Waals surface area contributed by atoms with Crippen LogP contribution in [0.2, 0.25) is 0 Å². The number of nitrogens with zero attached hydrogens (tertiary/aromatic N) is 2. The smallest absolute Gasteiger partial charge is 0.260 e. The molecule has 22 heavy (non-hydrogen) atoms. The minimum absolute atomic E-state index is 0.0165. The first-order valence-electron chi connectivity index (χ1n) is 7.54. The summed E-state index contributed by atoms with van der Waals surface area (Å²) in [5.74, 6) is 0.545. The van der Waals surface area contributed by atoms with Crippen molar-refractivity contribution in [2.24, 2.45) is 0 Å². The molecule has 1 saturated heterocycles. The molecule has 1 amide bonds. The number of hydrogen-bond donors (Lipinski definition) is 0. The first-order chi connectivity index (χ1) is 10.7. The summed E-state index contributed by atoms with van der Waals surface area (Å²) in [6.07, 6.45) is 1.98. The van der Waals surface area contributed by atoms with E-state index in [0.717, 1.165) is 24.9 Å². The van der Waals surface area contributed by atoms with Gasteiger partial charge in [0, 0.05) is 19.2 Å². The van der Waals surface area contributed by atoms with Gasteiger partial charge in [0.25, 0.3) is 5.91 Å². The quantitative estimate of drug-likeness (QED) is 0.871. The summed E-state index contributed by atoms with van der Waals surface area (Å²) >= 11 is 0. The molecule has 1 aliphatic heterocycles. The molecular formula is C17H20N2O3. The zero-order valence-corrected chi connectivity index (χ0v) is 12.9. The van der Waals surface area contributed by atoms with Crippen molar-refractivity contribution < 1.29 is 14.1 Å². The molecule has 0 aliphatic carbocycles. The van der Waals surface area contributed by atoms with E-state index in [1.54, 1.807) is 14.0 Å². The van der Waals surface area contributed by atoms with Crippen molar-refractivity contribution in [1.29, 1.82) is 0 Å². The van der Waals surface area contributed by atoms with Crippen molar-refractivity contribution in [2.45, 2.75) is 25.8 Å². The molecule has 3 rings (SSSR count). The number of rotatable bonds is 4. The topological polar surface area (TPSA) is 55.6 Å². The number of benzene rings is 1. The molecule has 5 heteroatoms. The largest absolute Gasteiger partial charge is 0.383 e. The Morgan fingerprint density at radius 1 is 1.41 bits per heavy atom. The van der Waals surface area contributed by atoms with Gasteiger partial charge in [-0.05, 0) is 19.8 Å². The summed E-state index contributed by atoms with van der Waals surface area (Å²) in [4.78, 5) is 14.9. The Kier molecular flexibility index (Phi) is 4.24. The van der Waals surface area contributed by atoms with Crippen LogP contribution >= 0.6 is 0 Å². The number of hydrogen-bond acceptors (Lipinski definition) is 4. The van der Waals surface area contributed by atoms with E-state index in [0.29, 0.717) is 23.6 Å². The van der Waals surface area contributed by atoms with Gasteiger partial charge < -0.3 is 14.2 Å². The van der Waals surface area contributed by atoms with Crippen molar-refractivity contribution in [1.82, 2.24) is 10.1 Å². The molecule has 1 aromatic carbocycles. The maximum atomic E-state index is 13.0. The third-order valence-corrected chi connectivity index (χ3v) is 4.12. The Morgan fingerprint density at radius 2 is 2.18 bits per heavy atom. The molecule has 1 aromatic heterocycles. The predicted molar refractivity (Wildman–Crippen MR) is 82.6 cm³/mol. The maximum absolute atomic E-state index is 13.0. The molecule has 1 aliphatic rings. The molecule has 0 radical (unpaired) electrons. The molecule has 0 spiro atoms. The zero-order valence-electron chi connectivity index (χ0n) is 12.9. The van der Waals surface area contributed by atoms with Crippen molar-refractivity contribution >= 4 is 5.91 Å². The number of carbonyl (C=O) groups is 1. The standard InChI is InChI=1S/C17H20N2O3/c1-12-15(16(18-22-12)13-7-4-3-5-8-13)17(20)19-10-6-9-14(19)11-21-2/h3-5,7-8,14H,6,9-11H2,1-2H3. The summed E-state index contributed by atoms with van der Waals surface area (Å²) in [7, 11) is 1.67. The number of carbonyl (C=O) groups excluding carboxylic acids is 1. The molecule has 1 unspecified atom stereocenters. The summed E-state index contributed by atoms with van der Waals surface area (Å²) in [6.45, 7) is 3.11. The molecule has 0 N–H and O–H groups in total. The Labute approximate surface area is 129 Å². The number of aromatic nitrogens is 1.